The number of benzene rings is 2. The number of hydrogen-bond donors (Lipinski definition) is 10. The minimum Gasteiger partial charge on any atom is -0.412 e. The maximum Gasteiger partial charge on any atom is 0.394 e. The van der Waals surface area contributed by atoms with Crippen molar-refractivity contribution >= 4 is 74.0 Å². The van der Waals surface area contributed by atoms with E-state index in [0.717, 1.165) is 48.1 Å². The van der Waals surface area contributed by atoms with Crippen LogP contribution in [0, 0.1) is 13.8 Å². The van der Waals surface area contributed by atoms with Crippen molar-refractivity contribution in [2.24, 2.45) is 0 Å². The van der Waals surface area contributed by atoms with E-state index in [1.54, 1.807) is 0 Å². The third kappa shape index (κ3) is 45.1. The Hall–Kier alpha value is -3.01. The van der Waals surface area contributed by atoms with Gasteiger partial charge in [-0.15, -0.1) is 0 Å². The van der Waals surface area contributed by atoms with Gasteiger partial charge in [-0.05, 0) is 63.1 Å². The summed E-state index contributed by atoms with van der Waals surface area (Å²) in [6.07, 6.45) is 2.31. The van der Waals surface area contributed by atoms with E-state index in [4.69, 9.17) is 64.0 Å². The molecule has 2 aromatic rings. The van der Waals surface area contributed by atoms with E-state index in [-0.39, 0.29) is 11.0 Å². The third-order valence-corrected chi connectivity index (χ3v) is 6.77. The molecular formula is C24H52N6O18S5. The van der Waals surface area contributed by atoms with E-state index >= 15 is 0 Å². The van der Waals surface area contributed by atoms with Gasteiger partial charge in [0.05, 0.1) is 35.3 Å². The van der Waals surface area contributed by atoms with Crippen LogP contribution in [0.15, 0.2) is 36.4 Å². The molecule has 0 aromatic heterocycles. The first-order chi connectivity index (χ1) is 22.7. The van der Waals surface area contributed by atoms with E-state index in [9.17, 15) is 16.8 Å². The van der Waals surface area contributed by atoms with Crippen LogP contribution in [0.2, 0.25) is 0 Å². The highest BCUT2D eigenvalue weighted by Gasteiger charge is 2.10. The van der Waals surface area contributed by atoms with Gasteiger partial charge in [0.25, 0.3) is 0 Å². The molecule has 0 aliphatic rings. The highest BCUT2D eigenvalue weighted by atomic mass is 32.3. The third-order valence-electron chi connectivity index (χ3n) is 5.31. The summed E-state index contributed by atoms with van der Waals surface area (Å²) in [7, 11) is -20.3. The van der Waals surface area contributed by atoms with Crippen molar-refractivity contribution in [2.75, 3.05) is 73.0 Å². The van der Waals surface area contributed by atoms with Gasteiger partial charge in [-0.3, -0.25) is 27.3 Å². The molecule has 2 aromatic carbocycles. The fourth-order valence-corrected chi connectivity index (χ4v) is 4.41. The molecule has 0 spiro atoms. The van der Waals surface area contributed by atoms with E-state index in [2.05, 4.69) is 19.2 Å². The predicted molar refractivity (Wildman–Crippen MR) is 202 cm³/mol. The molecule has 0 bridgehead atoms. The van der Waals surface area contributed by atoms with Crippen molar-refractivity contribution in [3.8, 4) is 0 Å². The Labute approximate surface area is 311 Å². The number of likely N-dealkylation sites (N-methyl/N-ethyl adjacent to an activating group) is 2. The van der Waals surface area contributed by atoms with Crippen LogP contribution in [-0.4, -0.2) is 132 Å². The van der Waals surface area contributed by atoms with Crippen molar-refractivity contribution in [3.05, 3.63) is 47.5 Å². The van der Waals surface area contributed by atoms with Gasteiger partial charge < -0.3 is 32.2 Å². The summed E-state index contributed by atoms with van der Waals surface area (Å²) >= 11 is 0. The van der Waals surface area contributed by atoms with Crippen molar-refractivity contribution in [1.82, 2.24) is 9.44 Å². The fraction of sp³-hybridized carbons (Fsp3) is 0.500. The van der Waals surface area contributed by atoms with Gasteiger partial charge in [0, 0.05) is 39.3 Å². The zero-order valence-corrected chi connectivity index (χ0v) is 33.6. The Morgan fingerprint density at radius 1 is 0.547 bits per heavy atom. The molecule has 2 rings (SSSR count). The van der Waals surface area contributed by atoms with Gasteiger partial charge in [-0.25, -0.2) is 26.3 Å². The number of rotatable bonds is 12. The molecule has 0 saturated heterocycles. The second-order valence-corrected chi connectivity index (χ2v) is 16.3. The van der Waals surface area contributed by atoms with Gasteiger partial charge in [0.2, 0.25) is 20.0 Å². The molecule has 0 saturated carbocycles. The molecule has 0 amide bonds. The number of hydrogen-bond acceptors (Lipinski definition) is 14. The molecule has 16 N–H and O–H groups in total. The van der Waals surface area contributed by atoms with Crippen LogP contribution in [0.1, 0.15) is 25.0 Å². The first-order valence-corrected chi connectivity index (χ1v) is 21.8. The molecule has 0 aliphatic carbocycles. The SMILES string of the molecule is CCN(CCNS(C)(=O)=O)c1cc(C)ccc1N.CCN(CCNS(C)(=O)=O)c1cc(C)ccc1N.O.O.O=S(=O)(O)O.O=S(=O)(O)O.O=S(=O)(O)O. The van der Waals surface area contributed by atoms with Crippen LogP contribution < -0.4 is 30.7 Å². The smallest absolute Gasteiger partial charge is 0.394 e. The molecule has 0 unspecified atom stereocenters. The van der Waals surface area contributed by atoms with Gasteiger partial charge in [0.1, 0.15) is 0 Å². The second kappa shape index (κ2) is 26.7. The van der Waals surface area contributed by atoms with Crippen LogP contribution in [0.3, 0.4) is 0 Å². The molecule has 316 valence electrons. The number of sulfonamides is 2. The van der Waals surface area contributed by atoms with Gasteiger partial charge in [-0.1, -0.05) is 12.1 Å². The van der Waals surface area contributed by atoms with Crippen molar-refractivity contribution in [2.45, 2.75) is 27.7 Å². The Morgan fingerprint density at radius 3 is 0.962 bits per heavy atom. The number of nitrogen functional groups attached to an aromatic ring is 2. The van der Waals surface area contributed by atoms with E-state index < -0.39 is 51.2 Å². The summed E-state index contributed by atoms with van der Waals surface area (Å²) in [6.45, 7) is 11.5. The summed E-state index contributed by atoms with van der Waals surface area (Å²) in [6, 6.07) is 11.7. The number of nitrogens with two attached hydrogens (primary N) is 2. The van der Waals surface area contributed by atoms with Crippen molar-refractivity contribution < 1.29 is 80.4 Å². The number of aryl methyl sites for hydroxylation is 2. The summed E-state index contributed by atoms with van der Waals surface area (Å²) in [5, 5.41) is 0. The van der Waals surface area contributed by atoms with E-state index in [1.165, 1.54) is 0 Å². The second-order valence-electron chi connectivity index (χ2n) is 9.96. The average molecular weight is 873 g/mol. The van der Waals surface area contributed by atoms with Gasteiger partial charge in [0.15, 0.2) is 0 Å². The first kappa shape index (κ1) is 59.3. The van der Waals surface area contributed by atoms with Crippen molar-refractivity contribution in [3.63, 3.8) is 0 Å². The molecular weight excluding hydrogens is 821 g/mol. The zero-order valence-electron chi connectivity index (χ0n) is 29.6. The average Bonchev–Trinajstić information content (AvgIpc) is 2.89. The molecule has 0 atom stereocenters. The summed E-state index contributed by atoms with van der Waals surface area (Å²) in [4.78, 5) is 4.11. The highest BCUT2D eigenvalue weighted by molar-refractivity contribution is 7.89. The molecule has 24 nitrogen and oxygen atoms in total. The quantitative estimate of drug-likeness (QED) is 0.0839. The standard InChI is InChI=1S/2C12H21N3O2S.3H2O4S.2H2O/c2*1-4-15(8-7-14-18(3,16)17)12-9-10(2)5-6-11(12)13;3*1-5(2,3)4;;/h2*5-6,9,14H,4,7-8,13H2,1-3H3;3*(H2,1,2,3,4);2*1H2. The largest absolute Gasteiger partial charge is 0.412 e. The molecule has 0 aliphatic heterocycles. The summed E-state index contributed by atoms with van der Waals surface area (Å²) in [5.41, 5.74) is 17.5. The number of nitrogens with one attached hydrogen (secondary N) is 2. The lowest BCUT2D eigenvalue weighted by atomic mass is 10.1. The number of nitrogens with zero attached hydrogens (tertiary/aromatic N) is 2. The van der Waals surface area contributed by atoms with Crippen LogP contribution in [0.4, 0.5) is 22.7 Å². The zero-order chi connectivity index (χ0) is 41.0. The molecule has 0 radical (unpaired) electrons. The number of anilines is 4. The van der Waals surface area contributed by atoms with Gasteiger partial charge in [-0.2, -0.15) is 25.3 Å². The minimum absolute atomic E-state index is 0. The first-order valence-electron chi connectivity index (χ1n) is 13.9. The fourth-order valence-electron chi connectivity index (χ4n) is 3.48. The van der Waals surface area contributed by atoms with Crippen LogP contribution >= 0.6 is 0 Å². The highest BCUT2D eigenvalue weighted by Crippen LogP contribution is 2.24. The minimum atomic E-state index is -4.67. The molecule has 0 heterocycles. The van der Waals surface area contributed by atoms with Crippen LogP contribution in [0.5, 0.6) is 0 Å². The lowest BCUT2D eigenvalue weighted by Crippen LogP contribution is -2.34. The van der Waals surface area contributed by atoms with E-state index in [1.807, 2.05) is 64.1 Å². The molecule has 53 heavy (non-hydrogen) atoms. The van der Waals surface area contributed by atoms with Crippen molar-refractivity contribution in [1.29, 1.82) is 0 Å². The Kier molecular flexibility index (Phi) is 29.9. The Bertz CT molecular complexity index is 1710. The lowest BCUT2D eigenvalue weighted by Gasteiger charge is -2.25. The maximum atomic E-state index is 11.0. The lowest BCUT2D eigenvalue weighted by molar-refractivity contribution is 0.378. The summed E-state index contributed by atoms with van der Waals surface area (Å²) in [5.74, 6) is 0. The normalized spacial score (nSPS) is 11.1. The van der Waals surface area contributed by atoms with Crippen LogP contribution in [0.25, 0.3) is 0 Å². The maximum absolute atomic E-state index is 11.0. The van der Waals surface area contributed by atoms with Gasteiger partial charge >= 0.3 is 31.2 Å². The summed E-state index contributed by atoms with van der Waals surface area (Å²) < 4.78 is 144. The predicted octanol–water partition coefficient (Wildman–Crippen LogP) is -1.70. The molecule has 29 heteroatoms. The Morgan fingerprint density at radius 2 is 0.774 bits per heavy atom. The monoisotopic (exact) mass is 872 g/mol. The van der Waals surface area contributed by atoms with Crippen LogP contribution in [-0.2, 0) is 51.2 Å². The molecule has 0 fully saturated rings. The topological polar surface area (TPSA) is 438 Å². The van der Waals surface area contributed by atoms with E-state index in [0.29, 0.717) is 37.6 Å². The Balaban J connectivity index is -0.000000205.